The zero-order valence-corrected chi connectivity index (χ0v) is 25.3. The van der Waals surface area contributed by atoms with Gasteiger partial charge in [0.15, 0.2) is 9.84 Å². The Balaban J connectivity index is 1.27. The molecule has 42 heavy (non-hydrogen) atoms. The van der Waals surface area contributed by atoms with Crippen LogP contribution >= 0.6 is 22.9 Å². The highest BCUT2D eigenvalue weighted by molar-refractivity contribution is 7.92. The van der Waals surface area contributed by atoms with Gasteiger partial charge in [-0.25, -0.2) is 27.8 Å². The van der Waals surface area contributed by atoms with Crippen molar-refractivity contribution in [3.8, 4) is 17.0 Å². The molecule has 2 aromatic heterocycles. The van der Waals surface area contributed by atoms with Gasteiger partial charge in [-0.1, -0.05) is 29.8 Å². The molecule has 0 aliphatic heterocycles. The molecule has 0 saturated carbocycles. The Morgan fingerprint density at radius 3 is 2.69 bits per heavy atom. The molecule has 0 radical (unpaired) electrons. The van der Waals surface area contributed by atoms with Crippen LogP contribution in [-0.4, -0.2) is 41.0 Å². The molecule has 0 amide bonds. The summed E-state index contributed by atoms with van der Waals surface area (Å²) in [5, 5.41) is 6.76. The lowest BCUT2D eigenvalue weighted by atomic mass is 10.1. The lowest BCUT2D eigenvalue weighted by Gasteiger charge is -2.12. The molecule has 0 aliphatic rings. The van der Waals surface area contributed by atoms with E-state index in [1.807, 2.05) is 29.6 Å². The second-order valence-corrected chi connectivity index (χ2v) is 13.8. The molecule has 218 valence electrons. The van der Waals surface area contributed by atoms with Crippen molar-refractivity contribution in [2.75, 3.05) is 17.7 Å². The minimum Gasteiger partial charge on any atom is -0.487 e. The van der Waals surface area contributed by atoms with Crippen LogP contribution < -0.4 is 10.1 Å². The second kappa shape index (κ2) is 13.1. The summed E-state index contributed by atoms with van der Waals surface area (Å²) in [6, 6.07) is 17.3. The molecule has 0 aliphatic carbocycles. The maximum atomic E-state index is 13.5. The van der Waals surface area contributed by atoms with Gasteiger partial charge >= 0.3 is 0 Å². The minimum absolute atomic E-state index is 0.0147. The molecular formula is C30H28ClFN4O4S2. The van der Waals surface area contributed by atoms with Gasteiger partial charge < -0.3 is 14.8 Å². The quantitative estimate of drug-likeness (QED) is 0.145. The van der Waals surface area contributed by atoms with Crippen molar-refractivity contribution < 1.29 is 22.3 Å². The number of benzene rings is 3. The number of rotatable bonds is 12. The van der Waals surface area contributed by atoms with Crippen molar-refractivity contribution in [3.05, 3.63) is 93.8 Å². The number of nitrogens with zero attached hydrogens (tertiary/aromatic N) is 3. The first-order chi connectivity index (χ1) is 20.2. The van der Waals surface area contributed by atoms with Crippen LogP contribution in [0.5, 0.6) is 5.75 Å². The minimum atomic E-state index is -3.14. The maximum absolute atomic E-state index is 13.5. The predicted molar refractivity (Wildman–Crippen MR) is 165 cm³/mol. The van der Waals surface area contributed by atoms with E-state index in [1.165, 1.54) is 29.8 Å². The van der Waals surface area contributed by atoms with E-state index in [2.05, 4.69) is 20.3 Å². The molecule has 0 atom stereocenters. The first kappa shape index (κ1) is 29.8. The van der Waals surface area contributed by atoms with E-state index in [9.17, 15) is 12.8 Å². The fraction of sp³-hybridized carbons (Fsp3) is 0.233. The molecule has 0 saturated heterocycles. The molecule has 2 heterocycles. The van der Waals surface area contributed by atoms with E-state index < -0.39 is 15.1 Å². The number of nitrogens with one attached hydrogen (secondary N) is 1. The van der Waals surface area contributed by atoms with Gasteiger partial charge in [0, 0.05) is 22.0 Å². The lowest BCUT2D eigenvalue weighted by molar-refractivity contribution is 0.135. The van der Waals surface area contributed by atoms with Crippen molar-refractivity contribution >= 4 is 55.2 Å². The van der Waals surface area contributed by atoms with Crippen LogP contribution in [0.15, 0.2) is 72.4 Å². The molecule has 1 N–H and O–H groups in total. The fourth-order valence-corrected chi connectivity index (χ4v) is 5.81. The monoisotopic (exact) mass is 626 g/mol. The highest BCUT2D eigenvalue weighted by Crippen LogP contribution is 2.32. The third-order valence-corrected chi connectivity index (χ3v) is 9.71. The van der Waals surface area contributed by atoms with Gasteiger partial charge in [0.1, 0.15) is 35.3 Å². The maximum Gasteiger partial charge on any atom is 0.154 e. The summed E-state index contributed by atoms with van der Waals surface area (Å²) < 4.78 is 48.7. The van der Waals surface area contributed by atoms with Crippen LogP contribution in [0.2, 0.25) is 5.02 Å². The number of anilines is 2. The van der Waals surface area contributed by atoms with Crippen molar-refractivity contribution in [2.45, 2.75) is 32.3 Å². The van der Waals surface area contributed by atoms with Gasteiger partial charge in [0.2, 0.25) is 0 Å². The van der Waals surface area contributed by atoms with E-state index in [-0.39, 0.29) is 31.4 Å². The lowest BCUT2D eigenvalue weighted by Crippen LogP contribution is -2.20. The molecule has 5 aromatic rings. The molecule has 3 aromatic carbocycles. The SMILES string of the molecule is CC(C)S(=O)(=O)CCOCc1nc(-c2ccc3ncnc(Nc4ccc(OCc5cccc(F)c5)c(Cl)c4)c3c2)cs1. The summed E-state index contributed by atoms with van der Waals surface area (Å²) in [7, 11) is -3.14. The summed E-state index contributed by atoms with van der Waals surface area (Å²) in [6.45, 7) is 3.88. The van der Waals surface area contributed by atoms with Gasteiger partial charge in [-0.15, -0.1) is 11.3 Å². The van der Waals surface area contributed by atoms with E-state index in [1.54, 1.807) is 38.1 Å². The summed E-state index contributed by atoms with van der Waals surface area (Å²) in [6.07, 6.45) is 1.49. The van der Waals surface area contributed by atoms with Crippen molar-refractivity contribution in [1.82, 2.24) is 15.0 Å². The van der Waals surface area contributed by atoms with E-state index >= 15 is 0 Å². The predicted octanol–water partition coefficient (Wildman–Crippen LogP) is 7.21. The van der Waals surface area contributed by atoms with Gasteiger partial charge in [-0.3, -0.25) is 0 Å². The fourth-order valence-electron chi connectivity index (χ4n) is 4.02. The Kier molecular flexibility index (Phi) is 9.32. The topological polar surface area (TPSA) is 103 Å². The Hall–Kier alpha value is -3.64. The van der Waals surface area contributed by atoms with Gasteiger partial charge in [0.05, 0.1) is 40.4 Å². The van der Waals surface area contributed by atoms with Gasteiger partial charge in [0.25, 0.3) is 0 Å². The number of sulfone groups is 1. The van der Waals surface area contributed by atoms with Crippen LogP contribution in [0.25, 0.3) is 22.2 Å². The normalized spacial score (nSPS) is 11.7. The highest BCUT2D eigenvalue weighted by Gasteiger charge is 2.16. The molecule has 0 fully saturated rings. The highest BCUT2D eigenvalue weighted by atomic mass is 35.5. The Bertz CT molecular complexity index is 1810. The van der Waals surface area contributed by atoms with Crippen molar-refractivity contribution in [1.29, 1.82) is 0 Å². The third kappa shape index (κ3) is 7.40. The van der Waals surface area contributed by atoms with Gasteiger partial charge in [-0.05, 0) is 61.9 Å². The smallest absolute Gasteiger partial charge is 0.154 e. The Morgan fingerprint density at radius 2 is 1.90 bits per heavy atom. The van der Waals surface area contributed by atoms with Crippen LogP contribution in [0.1, 0.15) is 24.4 Å². The number of hydrogen-bond acceptors (Lipinski definition) is 9. The average molecular weight is 627 g/mol. The zero-order chi connectivity index (χ0) is 29.7. The number of hydrogen-bond donors (Lipinski definition) is 1. The third-order valence-electron chi connectivity index (χ3n) is 6.42. The standard InChI is InChI=1S/C30H28ClFN4O4S2/c1-19(2)42(37,38)11-10-39-16-29-36-27(17-41-29)21-6-8-26-24(13-21)30(34-18-33-26)35-23-7-9-28(25(31)14-23)40-15-20-4-3-5-22(32)12-20/h3-9,12-14,17-19H,10-11,15-16H2,1-2H3,(H,33,34,35). The summed E-state index contributed by atoms with van der Waals surface area (Å²) in [5.74, 6) is 0.736. The van der Waals surface area contributed by atoms with Crippen LogP contribution in [0.4, 0.5) is 15.9 Å². The molecule has 5 rings (SSSR count). The number of fused-ring (bicyclic) bond motifs is 1. The zero-order valence-electron chi connectivity index (χ0n) is 22.9. The van der Waals surface area contributed by atoms with Crippen LogP contribution in [0.3, 0.4) is 0 Å². The number of thiazole rings is 1. The first-order valence-corrected chi connectivity index (χ1v) is 16.1. The average Bonchev–Trinajstić information content (AvgIpc) is 3.44. The number of halogens is 2. The van der Waals surface area contributed by atoms with Crippen molar-refractivity contribution in [2.24, 2.45) is 0 Å². The summed E-state index contributed by atoms with van der Waals surface area (Å²) in [4.78, 5) is 13.5. The first-order valence-electron chi connectivity index (χ1n) is 13.1. The molecule has 12 heteroatoms. The van der Waals surface area contributed by atoms with Crippen molar-refractivity contribution in [3.63, 3.8) is 0 Å². The van der Waals surface area contributed by atoms with E-state index in [4.69, 9.17) is 21.1 Å². The Labute approximate surface area is 252 Å². The molecular weight excluding hydrogens is 599 g/mol. The Morgan fingerprint density at radius 1 is 1.05 bits per heavy atom. The molecule has 0 bridgehead atoms. The van der Waals surface area contributed by atoms with E-state index in [0.29, 0.717) is 27.8 Å². The number of ether oxygens (including phenoxy) is 2. The molecule has 0 unspecified atom stereocenters. The summed E-state index contributed by atoms with van der Waals surface area (Å²) in [5.41, 5.74) is 3.81. The molecule has 0 spiro atoms. The molecule has 8 nitrogen and oxygen atoms in total. The van der Waals surface area contributed by atoms with Crippen LogP contribution in [0, 0.1) is 5.82 Å². The van der Waals surface area contributed by atoms with E-state index in [0.717, 1.165) is 27.2 Å². The van der Waals surface area contributed by atoms with Crippen LogP contribution in [-0.2, 0) is 27.8 Å². The summed E-state index contributed by atoms with van der Waals surface area (Å²) >= 11 is 7.93. The van der Waals surface area contributed by atoms with Gasteiger partial charge in [-0.2, -0.15) is 0 Å². The second-order valence-electron chi connectivity index (χ2n) is 9.74. The largest absolute Gasteiger partial charge is 0.487 e. The number of aromatic nitrogens is 3.